The summed E-state index contributed by atoms with van der Waals surface area (Å²) in [5.41, 5.74) is 7.53. The predicted molar refractivity (Wildman–Crippen MR) is 74.9 cm³/mol. The number of nitrogens with zero attached hydrogens (tertiary/aromatic N) is 1. The number of nitrogens with two attached hydrogens (primary N) is 1. The molecule has 0 atom stereocenters. The van der Waals surface area contributed by atoms with Crippen molar-refractivity contribution >= 4 is 28.3 Å². The van der Waals surface area contributed by atoms with Crippen LogP contribution in [0.4, 0.5) is 11.5 Å². The van der Waals surface area contributed by atoms with Gasteiger partial charge in [-0.25, -0.2) is 4.98 Å². The first-order valence-electron chi connectivity index (χ1n) is 5.83. The molecule has 2 aromatic heterocycles. The van der Waals surface area contributed by atoms with Gasteiger partial charge in [-0.2, -0.15) is 0 Å². The van der Waals surface area contributed by atoms with Crippen LogP contribution in [0, 0.1) is 0 Å². The number of fused-ring (bicyclic) bond motifs is 1. The fourth-order valence-electron chi connectivity index (χ4n) is 1.95. The number of carbonyl (C=O) groups is 1. The van der Waals surface area contributed by atoms with Gasteiger partial charge >= 0.3 is 0 Å². The zero-order valence-electron chi connectivity index (χ0n) is 10.1. The van der Waals surface area contributed by atoms with Gasteiger partial charge in [-0.3, -0.25) is 4.79 Å². The number of carbonyl (C=O) groups excluding carboxylic acids is 1. The molecule has 94 valence electrons. The number of rotatable bonds is 2. The first-order valence-corrected chi connectivity index (χ1v) is 5.83. The minimum absolute atomic E-state index is 0.181. The Labute approximate surface area is 109 Å². The maximum absolute atomic E-state index is 12.2. The van der Waals surface area contributed by atoms with E-state index in [1.807, 2.05) is 24.4 Å². The van der Waals surface area contributed by atoms with Crippen LogP contribution in [0.2, 0.25) is 0 Å². The second-order valence-corrected chi connectivity index (χ2v) is 4.17. The monoisotopic (exact) mass is 252 g/mol. The van der Waals surface area contributed by atoms with Crippen molar-refractivity contribution in [3.63, 3.8) is 0 Å². The number of para-hydroxylation sites is 1. The van der Waals surface area contributed by atoms with E-state index in [1.54, 1.807) is 18.2 Å². The van der Waals surface area contributed by atoms with Gasteiger partial charge in [0.1, 0.15) is 5.82 Å². The van der Waals surface area contributed by atoms with E-state index >= 15 is 0 Å². The summed E-state index contributed by atoms with van der Waals surface area (Å²) in [6.07, 6.45) is 3.34. The highest BCUT2D eigenvalue weighted by molar-refractivity contribution is 6.11. The van der Waals surface area contributed by atoms with E-state index in [-0.39, 0.29) is 5.91 Å². The van der Waals surface area contributed by atoms with Gasteiger partial charge in [0.25, 0.3) is 5.91 Å². The van der Waals surface area contributed by atoms with Crippen molar-refractivity contribution in [2.75, 3.05) is 11.1 Å². The molecule has 0 unspecified atom stereocenters. The summed E-state index contributed by atoms with van der Waals surface area (Å²) in [5.74, 6) is 0.240. The summed E-state index contributed by atoms with van der Waals surface area (Å²) in [6, 6.07) is 10.9. The molecule has 19 heavy (non-hydrogen) atoms. The molecule has 0 saturated carbocycles. The number of H-pyrrole nitrogens is 1. The zero-order valence-corrected chi connectivity index (χ0v) is 10.1. The lowest BCUT2D eigenvalue weighted by Gasteiger charge is -2.06. The van der Waals surface area contributed by atoms with Crippen molar-refractivity contribution in [2.24, 2.45) is 0 Å². The number of anilines is 2. The van der Waals surface area contributed by atoms with E-state index in [0.29, 0.717) is 17.1 Å². The van der Waals surface area contributed by atoms with E-state index in [4.69, 9.17) is 5.73 Å². The first kappa shape index (κ1) is 11.3. The Balaban J connectivity index is 1.92. The van der Waals surface area contributed by atoms with Crippen LogP contribution in [0.25, 0.3) is 10.9 Å². The van der Waals surface area contributed by atoms with E-state index in [2.05, 4.69) is 15.3 Å². The van der Waals surface area contributed by atoms with E-state index in [9.17, 15) is 4.79 Å². The third kappa shape index (κ3) is 2.13. The van der Waals surface area contributed by atoms with Crippen molar-refractivity contribution in [3.05, 3.63) is 54.4 Å². The second kappa shape index (κ2) is 4.45. The maximum Gasteiger partial charge on any atom is 0.257 e. The molecular weight excluding hydrogens is 240 g/mol. The Morgan fingerprint density at radius 3 is 2.89 bits per heavy atom. The Morgan fingerprint density at radius 2 is 2.11 bits per heavy atom. The molecule has 5 heteroatoms. The van der Waals surface area contributed by atoms with E-state index in [1.165, 1.54) is 6.20 Å². The number of amides is 1. The third-order valence-electron chi connectivity index (χ3n) is 2.88. The summed E-state index contributed by atoms with van der Waals surface area (Å²) < 4.78 is 0. The lowest BCUT2D eigenvalue weighted by atomic mass is 10.1. The molecule has 5 nitrogen and oxygen atoms in total. The topological polar surface area (TPSA) is 83.8 Å². The average Bonchev–Trinajstić information content (AvgIpc) is 2.89. The van der Waals surface area contributed by atoms with Gasteiger partial charge < -0.3 is 16.0 Å². The molecule has 1 aromatic carbocycles. The lowest BCUT2D eigenvalue weighted by Crippen LogP contribution is -2.12. The van der Waals surface area contributed by atoms with Crippen molar-refractivity contribution in [2.45, 2.75) is 0 Å². The number of hydrogen-bond acceptors (Lipinski definition) is 3. The molecule has 4 N–H and O–H groups in total. The number of benzene rings is 1. The minimum Gasteiger partial charge on any atom is -0.384 e. The summed E-state index contributed by atoms with van der Waals surface area (Å²) in [7, 11) is 0. The van der Waals surface area contributed by atoms with Gasteiger partial charge in [-0.05, 0) is 24.3 Å². The molecule has 0 bridgehead atoms. The molecule has 0 saturated heterocycles. The third-order valence-corrected chi connectivity index (χ3v) is 2.88. The molecule has 0 spiro atoms. The number of pyridine rings is 1. The fraction of sp³-hybridized carbons (Fsp3) is 0. The minimum atomic E-state index is -0.181. The molecular formula is C14H12N4O. The normalized spacial score (nSPS) is 10.5. The average molecular weight is 252 g/mol. The molecule has 0 fully saturated rings. The first-order chi connectivity index (χ1) is 9.24. The summed E-state index contributed by atoms with van der Waals surface area (Å²) in [4.78, 5) is 19.2. The van der Waals surface area contributed by atoms with Gasteiger partial charge in [0.05, 0.1) is 23.0 Å². The van der Waals surface area contributed by atoms with Crippen LogP contribution >= 0.6 is 0 Å². The van der Waals surface area contributed by atoms with E-state index in [0.717, 1.165) is 10.9 Å². The van der Waals surface area contributed by atoms with Crippen LogP contribution in [0.15, 0.2) is 48.8 Å². The standard InChI is InChI=1S/C14H12N4O/c15-12-5-4-10(8-17-12)18-14(19)11-3-1-2-9-6-7-16-13(9)11/h1-8,16H,(H2,15,17)(H,18,19). The van der Waals surface area contributed by atoms with Gasteiger partial charge in [0.15, 0.2) is 0 Å². The highest BCUT2D eigenvalue weighted by Crippen LogP contribution is 2.18. The maximum atomic E-state index is 12.2. The molecule has 3 aromatic rings. The number of hydrogen-bond donors (Lipinski definition) is 3. The van der Waals surface area contributed by atoms with Crippen molar-refractivity contribution in [1.82, 2.24) is 9.97 Å². The van der Waals surface area contributed by atoms with Crippen LogP contribution in [-0.4, -0.2) is 15.9 Å². The van der Waals surface area contributed by atoms with Crippen LogP contribution in [-0.2, 0) is 0 Å². The van der Waals surface area contributed by atoms with Gasteiger partial charge in [-0.15, -0.1) is 0 Å². The highest BCUT2D eigenvalue weighted by atomic mass is 16.1. The lowest BCUT2D eigenvalue weighted by molar-refractivity contribution is 0.102. The van der Waals surface area contributed by atoms with Crippen molar-refractivity contribution in [3.8, 4) is 0 Å². The highest BCUT2D eigenvalue weighted by Gasteiger charge is 2.10. The van der Waals surface area contributed by atoms with Crippen LogP contribution in [0.3, 0.4) is 0 Å². The molecule has 1 amide bonds. The van der Waals surface area contributed by atoms with Crippen molar-refractivity contribution < 1.29 is 4.79 Å². The molecule has 0 aliphatic heterocycles. The summed E-state index contributed by atoms with van der Waals surface area (Å²) in [5, 5.41) is 3.79. The van der Waals surface area contributed by atoms with Gasteiger partial charge in [-0.1, -0.05) is 12.1 Å². The Kier molecular flexibility index (Phi) is 2.64. The second-order valence-electron chi connectivity index (χ2n) is 4.17. The molecule has 0 radical (unpaired) electrons. The smallest absolute Gasteiger partial charge is 0.257 e. The molecule has 0 aliphatic rings. The Bertz CT molecular complexity index is 731. The summed E-state index contributed by atoms with van der Waals surface area (Å²) in [6.45, 7) is 0. The quantitative estimate of drug-likeness (QED) is 0.654. The fourth-order valence-corrected chi connectivity index (χ4v) is 1.95. The largest absolute Gasteiger partial charge is 0.384 e. The molecule has 3 rings (SSSR count). The molecule has 2 heterocycles. The van der Waals surface area contributed by atoms with Crippen LogP contribution in [0.1, 0.15) is 10.4 Å². The number of nitrogens with one attached hydrogen (secondary N) is 2. The number of aromatic amines is 1. The van der Waals surface area contributed by atoms with Crippen LogP contribution in [0.5, 0.6) is 0 Å². The Hall–Kier alpha value is -2.82. The SMILES string of the molecule is Nc1ccc(NC(=O)c2cccc3cc[nH]c23)cn1. The molecule has 0 aliphatic carbocycles. The number of nitrogen functional groups attached to an aromatic ring is 1. The summed E-state index contributed by atoms with van der Waals surface area (Å²) >= 11 is 0. The van der Waals surface area contributed by atoms with Gasteiger partial charge in [0.2, 0.25) is 0 Å². The van der Waals surface area contributed by atoms with Crippen LogP contribution < -0.4 is 11.1 Å². The van der Waals surface area contributed by atoms with Gasteiger partial charge in [0, 0.05) is 11.6 Å². The van der Waals surface area contributed by atoms with E-state index < -0.39 is 0 Å². The number of aromatic nitrogens is 2. The zero-order chi connectivity index (χ0) is 13.2. The Morgan fingerprint density at radius 1 is 1.21 bits per heavy atom. The van der Waals surface area contributed by atoms with Crippen molar-refractivity contribution in [1.29, 1.82) is 0 Å². The predicted octanol–water partition coefficient (Wildman–Crippen LogP) is 2.40.